The molecule has 1 N–H and O–H groups in total. The smallest absolute Gasteiger partial charge is 0.231 e. The van der Waals surface area contributed by atoms with Gasteiger partial charge in [-0.1, -0.05) is 0 Å². The summed E-state index contributed by atoms with van der Waals surface area (Å²) in [5, 5.41) is 9.58. The zero-order chi connectivity index (χ0) is 17.1. The minimum absolute atomic E-state index is 0.0148. The average molecular weight is 355 g/mol. The van der Waals surface area contributed by atoms with E-state index in [0.29, 0.717) is 17.5 Å². The molecule has 8 nitrogen and oxygen atoms in total. The molecule has 1 unspecified atom stereocenters. The van der Waals surface area contributed by atoms with Gasteiger partial charge in [0, 0.05) is 43.1 Å². The average Bonchev–Trinajstić information content (AvgIpc) is 3.36. The number of nitrogens with one attached hydrogen (secondary N) is 1. The molecule has 1 atom stereocenters. The molecule has 0 spiro atoms. The van der Waals surface area contributed by atoms with E-state index in [1.54, 1.807) is 17.1 Å². The quantitative estimate of drug-likeness (QED) is 0.770. The maximum atomic E-state index is 12.5. The van der Waals surface area contributed by atoms with Crippen molar-refractivity contribution in [1.29, 1.82) is 0 Å². The summed E-state index contributed by atoms with van der Waals surface area (Å²) in [5.41, 5.74) is 0. The third-order valence-corrected chi connectivity index (χ3v) is 4.84. The number of anilines is 2. The predicted octanol–water partition coefficient (Wildman–Crippen LogP) is 1.97. The van der Waals surface area contributed by atoms with Gasteiger partial charge in [-0.25, -0.2) is 19.6 Å². The lowest BCUT2D eigenvalue weighted by molar-refractivity contribution is -0.120. The summed E-state index contributed by atoms with van der Waals surface area (Å²) in [6, 6.07) is 3.75. The Morgan fingerprint density at radius 2 is 2.16 bits per heavy atom. The number of thiazole rings is 1. The highest BCUT2D eigenvalue weighted by Gasteiger charge is 2.27. The summed E-state index contributed by atoms with van der Waals surface area (Å²) < 4.78 is 1.70. The molecule has 1 amide bonds. The van der Waals surface area contributed by atoms with Gasteiger partial charge >= 0.3 is 0 Å². The van der Waals surface area contributed by atoms with Gasteiger partial charge in [-0.3, -0.25) is 4.79 Å². The maximum Gasteiger partial charge on any atom is 0.231 e. The van der Waals surface area contributed by atoms with Crippen LogP contribution in [0.2, 0.25) is 0 Å². The van der Waals surface area contributed by atoms with Gasteiger partial charge < -0.3 is 10.2 Å². The van der Waals surface area contributed by atoms with Gasteiger partial charge in [0.25, 0.3) is 0 Å². The maximum absolute atomic E-state index is 12.5. The van der Waals surface area contributed by atoms with Crippen LogP contribution in [0, 0.1) is 5.92 Å². The molecule has 1 aliphatic rings. The van der Waals surface area contributed by atoms with Crippen LogP contribution in [0.1, 0.15) is 12.8 Å². The highest BCUT2D eigenvalue weighted by Crippen LogP contribution is 2.24. The first-order valence-corrected chi connectivity index (χ1v) is 8.95. The molecule has 1 saturated heterocycles. The first-order chi connectivity index (χ1) is 12.3. The molecule has 4 rings (SSSR count). The van der Waals surface area contributed by atoms with Crippen molar-refractivity contribution in [3.05, 3.63) is 42.4 Å². The molecule has 0 saturated carbocycles. The Labute approximate surface area is 148 Å². The molecule has 128 valence electrons. The third-order valence-electron chi connectivity index (χ3n) is 4.16. The van der Waals surface area contributed by atoms with Crippen LogP contribution in [0.25, 0.3) is 5.82 Å². The zero-order valence-electron chi connectivity index (χ0n) is 13.4. The van der Waals surface area contributed by atoms with Crippen molar-refractivity contribution in [2.75, 3.05) is 23.3 Å². The summed E-state index contributed by atoms with van der Waals surface area (Å²) in [5.74, 6) is 1.46. The van der Waals surface area contributed by atoms with Crippen molar-refractivity contribution in [2.45, 2.75) is 12.8 Å². The molecule has 9 heteroatoms. The highest BCUT2D eigenvalue weighted by atomic mass is 32.1. The highest BCUT2D eigenvalue weighted by molar-refractivity contribution is 7.13. The number of aromatic nitrogens is 5. The number of carbonyl (C=O) groups is 1. The largest absolute Gasteiger partial charge is 0.356 e. The first kappa shape index (κ1) is 15.7. The lowest BCUT2D eigenvalue weighted by Gasteiger charge is -2.32. The van der Waals surface area contributed by atoms with Crippen LogP contribution in [0.4, 0.5) is 10.9 Å². The first-order valence-electron chi connectivity index (χ1n) is 8.07. The van der Waals surface area contributed by atoms with Gasteiger partial charge in [0.05, 0.1) is 5.92 Å². The lowest BCUT2D eigenvalue weighted by atomic mass is 9.97. The van der Waals surface area contributed by atoms with Gasteiger partial charge in [-0.2, -0.15) is 5.10 Å². The standard InChI is InChI=1S/C16H17N7OS/c24-15(21-16-17-5-8-25-16)12-3-1-6-22(10-12)13-9-14(19-11-18-13)23-7-2-4-20-23/h2,4-5,7-9,11-12H,1,3,6,10H2,(H,17,21,24). The Bertz CT molecular complexity index is 834. The number of rotatable bonds is 4. The van der Waals surface area contributed by atoms with Crippen molar-refractivity contribution in [3.8, 4) is 5.82 Å². The fourth-order valence-corrected chi connectivity index (χ4v) is 3.46. The normalized spacial score (nSPS) is 17.4. The molecule has 4 heterocycles. The molecule has 3 aromatic rings. The number of amides is 1. The minimum Gasteiger partial charge on any atom is -0.356 e. The second-order valence-corrected chi connectivity index (χ2v) is 6.69. The van der Waals surface area contributed by atoms with E-state index in [2.05, 4.69) is 30.3 Å². The number of nitrogens with zero attached hydrogens (tertiary/aromatic N) is 6. The van der Waals surface area contributed by atoms with Gasteiger partial charge in [0.15, 0.2) is 10.9 Å². The second kappa shape index (κ2) is 6.98. The topological polar surface area (TPSA) is 88.8 Å². The van der Waals surface area contributed by atoms with E-state index in [1.807, 2.05) is 23.7 Å². The number of hydrogen-bond acceptors (Lipinski definition) is 7. The molecule has 0 radical (unpaired) electrons. The summed E-state index contributed by atoms with van der Waals surface area (Å²) in [4.78, 5) is 27.3. The molecule has 0 aromatic carbocycles. The van der Waals surface area contributed by atoms with Crippen LogP contribution in [0.15, 0.2) is 42.4 Å². The Kier molecular flexibility index (Phi) is 4.38. The van der Waals surface area contributed by atoms with Gasteiger partial charge in [0.1, 0.15) is 12.1 Å². The molecule has 3 aromatic heterocycles. The van der Waals surface area contributed by atoms with Crippen LogP contribution < -0.4 is 10.2 Å². The molecular weight excluding hydrogens is 338 g/mol. The number of hydrogen-bond donors (Lipinski definition) is 1. The van der Waals surface area contributed by atoms with Gasteiger partial charge in [-0.15, -0.1) is 11.3 Å². The summed E-state index contributed by atoms with van der Waals surface area (Å²) in [6.07, 6.45) is 8.58. The van der Waals surface area contributed by atoms with Crippen molar-refractivity contribution >= 4 is 28.2 Å². The van der Waals surface area contributed by atoms with Crippen molar-refractivity contribution in [3.63, 3.8) is 0 Å². The van der Waals surface area contributed by atoms with Crippen LogP contribution in [-0.4, -0.2) is 43.7 Å². The van der Waals surface area contributed by atoms with Crippen molar-refractivity contribution < 1.29 is 4.79 Å². The van der Waals surface area contributed by atoms with E-state index in [1.165, 1.54) is 17.7 Å². The second-order valence-electron chi connectivity index (χ2n) is 5.80. The van der Waals surface area contributed by atoms with Crippen molar-refractivity contribution in [2.24, 2.45) is 5.92 Å². The monoisotopic (exact) mass is 355 g/mol. The lowest BCUT2D eigenvalue weighted by Crippen LogP contribution is -2.41. The van der Waals surface area contributed by atoms with E-state index in [0.717, 1.165) is 25.2 Å². The Balaban J connectivity index is 1.48. The zero-order valence-corrected chi connectivity index (χ0v) is 14.3. The number of carbonyl (C=O) groups excluding carboxylic acids is 1. The van der Waals surface area contributed by atoms with E-state index >= 15 is 0 Å². The molecule has 0 aliphatic carbocycles. The Morgan fingerprint density at radius 1 is 1.24 bits per heavy atom. The number of piperidine rings is 1. The Hall–Kier alpha value is -2.81. The van der Waals surface area contributed by atoms with E-state index in [9.17, 15) is 4.79 Å². The SMILES string of the molecule is O=C(Nc1nccs1)C1CCCN(c2cc(-n3cccn3)ncn2)C1. The van der Waals surface area contributed by atoms with E-state index in [-0.39, 0.29) is 11.8 Å². The fourth-order valence-electron chi connectivity index (χ4n) is 2.93. The van der Waals surface area contributed by atoms with Crippen LogP contribution in [-0.2, 0) is 4.79 Å². The minimum atomic E-state index is -0.0826. The molecule has 1 fully saturated rings. The fraction of sp³-hybridized carbons (Fsp3) is 0.312. The third kappa shape index (κ3) is 3.50. The predicted molar refractivity (Wildman–Crippen MR) is 94.8 cm³/mol. The van der Waals surface area contributed by atoms with Crippen molar-refractivity contribution in [1.82, 2.24) is 24.7 Å². The van der Waals surface area contributed by atoms with Crippen LogP contribution >= 0.6 is 11.3 Å². The molecular formula is C16H17N7OS. The van der Waals surface area contributed by atoms with Gasteiger partial charge in [-0.05, 0) is 18.9 Å². The van der Waals surface area contributed by atoms with Crippen LogP contribution in [0.3, 0.4) is 0 Å². The molecule has 25 heavy (non-hydrogen) atoms. The Morgan fingerprint density at radius 3 is 2.96 bits per heavy atom. The summed E-state index contributed by atoms with van der Waals surface area (Å²) >= 11 is 1.43. The van der Waals surface area contributed by atoms with Gasteiger partial charge in [0.2, 0.25) is 5.91 Å². The molecule has 0 bridgehead atoms. The van der Waals surface area contributed by atoms with E-state index in [4.69, 9.17) is 0 Å². The summed E-state index contributed by atoms with van der Waals surface area (Å²) in [7, 11) is 0. The van der Waals surface area contributed by atoms with Crippen LogP contribution in [0.5, 0.6) is 0 Å². The van der Waals surface area contributed by atoms with E-state index < -0.39 is 0 Å². The summed E-state index contributed by atoms with van der Waals surface area (Å²) in [6.45, 7) is 1.50. The molecule has 1 aliphatic heterocycles.